The van der Waals surface area contributed by atoms with Crippen LogP contribution in [0, 0.1) is 6.92 Å². The normalized spacial score (nSPS) is 12.9. The van der Waals surface area contributed by atoms with E-state index in [2.05, 4.69) is 10.4 Å². The van der Waals surface area contributed by atoms with E-state index in [0.717, 1.165) is 23.2 Å². The summed E-state index contributed by atoms with van der Waals surface area (Å²) in [4.78, 5) is 38.2. The number of carbonyl (C=O) groups excluding carboxylic acids is 3. The molecule has 0 unspecified atom stereocenters. The second-order valence-electron chi connectivity index (χ2n) is 7.63. The number of fused-ring (bicyclic) bond motifs is 1. The standard InChI is InChI=1S/C24H24N4O3/c1-17-5-10-20-21(16-17)24(31)27(23(20)30)14-2-4-22(29)25-13-11-18-6-8-19(9-7-18)28-15-3-12-26-28/h3,5-10,12,15-16H,2,4,11,13-14H2,1H3,(H,25,29). The molecule has 0 aliphatic carbocycles. The Morgan fingerprint density at radius 1 is 1.03 bits per heavy atom. The number of aryl methyl sites for hydroxylation is 1. The predicted octanol–water partition coefficient (Wildman–Crippen LogP) is 2.92. The van der Waals surface area contributed by atoms with Gasteiger partial charge in [0.15, 0.2) is 0 Å². The summed E-state index contributed by atoms with van der Waals surface area (Å²) in [6.45, 7) is 2.67. The van der Waals surface area contributed by atoms with Crippen LogP contribution in [0.2, 0.25) is 0 Å². The molecule has 3 aromatic rings. The van der Waals surface area contributed by atoms with E-state index >= 15 is 0 Å². The van der Waals surface area contributed by atoms with Crippen LogP contribution < -0.4 is 5.32 Å². The van der Waals surface area contributed by atoms with Gasteiger partial charge in [-0.3, -0.25) is 19.3 Å². The topological polar surface area (TPSA) is 84.3 Å². The first kappa shape index (κ1) is 20.5. The second-order valence-corrected chi connectivity index (χ2v) is 7.63. The first-order valence-corrected chi connectivity index (χ1v) is 10.4. The summed E-state index contributed by atoms with van der Waals surface area (Å²) in [5.74, 6) is -0.637. The number of imide groups is 1. The van der Waals surface area contributed by atoms with Crippen molar-refractivity contribution in [3.05, 3.63) is 83.2 Å². The molecule has 158 valence electrons. The SMILES string of the molecule is Cc1ccc2c(c1)C(=O)N(CCCC(=O)NCCc1ccc(-n3cccn3)cc1)C2=O. The number of nitrogens with one attached hydrogen (secondary N) is 1. The number of amides is 3. The zero-order valence-electron chi connectivity index (χ0n) is 17.4. The van der Waals surface area contributed by atoms with Crippen molar-refractivity contribution in [3.8, 4) is 5.69 Å². The van der Waals surface area contributed by atoms with E-state index in [1.165, 1.54) is 4.90 Å². The largest absolute Gasteiger partial charge is 0.356 e. The Hall–Kier alpha value is -3.74. The van der Waals surface area contributed by atoms with Crippen molar-refractivity contribution in [2.45, 2.75) is 26.2 Å². The van der Waals surface area contributed by atoms with E-state index in [-0.39, 0.29) is 30.7 Å². The van der Waals surface area contributed by atoms with E-state index in [1.54, 1.807) is 23.0 Å². The molecule has 7 heteroatoms. The molecule has 2 heterocycles. The van der Waals surface area contributed by atoms with Crippen molar-refractivity contribution in [2.24, 2.45) is 0 Å². The predicted molar refractivity (Wildman–Crippen MR) is 116 cm³/mol. The minimum absolute atomic E-state index is 0.0828. The van der Waals surface area contributed by atoms with Crippen LogP contribution in [0.25, 0.3) is 5.69 Å². The van der Waals surface area contributed by atoms with Crippen molar-refractivity contribution in [3.63, 3.8) is 0 Å². The number of benzene rings is 2. The van der Waals surface area contributed by atoms with Gasteiger partial charge in [-0.2, -0.15) is 5.10 Å². The average molecular weight is 416 g/mol. The fourth-order valence-electron chi connectivity index (χ4n) is 3.68. The maximum atomic E-state index is 12.5. The van der Waals surface area contributed by atoms with Gasteiger partial charge in [-0.1, -0.05) is 23.8 Å². The molecule has 1 aliphatic heterocycles. The maximum absolute atomic E-state index is 12.5. The van der Waals surface area contributed by atoms with Gasteiger partial charge in [0.05, 0.1) is 16.8 Å². The van der Waals surface area contributed by atoms with Gasteiger partial charge in [-0.25, -0.2) is 4.68 Å². The third kappa shape index (κ3) is 4.55. The number of rotatable bonds is 8. The van der Waals surface area contributed by atoms with E-state index in [1.807, 2.05) is 49.5 Å². The first-order valence-electron chi connectivity index (χ1n) is 10.4. The summed E-state index contributed by atoms with van der Waals surface area (Å²) < 4.78 is 1.79. The Morgan fingerprint density at radius 3 is 2.55 bits per heavy atom. The van der Waals surface area contributed by atoms with Crippen molar-refractivity contribution in [1.82, 2.24) is 20.0 Å². The van der Waals surface area contributed by atoms with E-state index in [0.29, 0.717) is 24.1 Å². The Bertz CT molecular complexity index is 1100. The number of carbonyl (C=O) groups is 3. The van der Waals surface area contributed by atoms with Crippen molar-refractivity contribution in [1.29, 1.82) is 0 Å². The first-order chi connectivity index (χ1) is 15.0. The van der Waals surface area contributed by atoms with Crippen LogP contribution in [0.5, 0.6) is 0 Å². The van der Waals surface area contributed by atoms with Crippen LogP contribution in [0.1, 0.15) is 44.7 Å². The van der Waals surface area contributed by atoms with Crippen LogP contribution >= 0.6 is 0 Å². The van der Waals surface area contributed by atoms with Gasteiger partial charge in [0.25, 0.3) is 11.8 Å². The smallest absolute Gasteiger partial charge is 0.261 e. The van der Waals surface area contributed by atoms with Gasteiger partial charge in [-0.15, -0.1) is 0 Å². The number of hydrogen-bond acceptors (Lipinski definition) is 4. The summed E-state index contributed by atoms with van der Waals surface area (Å²) in [5, 5.41) is 7.10. The van der Waals surface area contributed by atoms with Crippen molar-refractivity contribution in [2.75, 3.05) is 13.1 Å². The summed E-state index contributed by atoms with van der Waals surface area (Å²) in [7, 11) is 0. The molecule has 1 N–H and O–H groups in total. The molecule has 1 aliphatic rings. The van der Waals surface area contributed by atoms with Crippen molar-refractivity contribution >= 4 is 17.7 Å². The highest BCUT2D eigenvalue weighted by molar-refractivity contribution is 6.21. The summed E-state index contributed by atoms with van der Waals surface area (Å²) in [6.07, 6.45) is 5.05. The lowest BCUT2D eigenvalue weighted by Crippen LogP contribution is -2.32. The minimum Gasteiger partial charge on any atom is -0.356 e. The molecule has 0 atom stereocenters. The van der Waals surface area contributed by atoms with Gasteiger partial charge in [0.1, 0.15) is 0 Å². The third-order valence-corrected chi connectivity index (χ3v) is 5.35. The minimum atomic E-state index is -0.279. The lowest BCUT2D eigenvalue weighted by molar-refractivity contribution is -0.121. The molecule has 1 aromatic heterocycles. The lowest BCUT2D eigenvalue weighted by atomic mass is 10.1. The van der Waals surface area contributed by atoms with Crippen LogP contribution in [-0.4, -0.2) is 45.5 Å². The van der Waals surface area contributed by atoms with Gasteiger partial charge >= 0.3 is 0 Å². The maximum Gasteiger partial charge on any atom is 0.261 e. The zero-order valence-corrected chi connectivity index (χ0v) is 17.4. The molecule has 0 fully saturated rings. The Morgan fingerprint density at radius 2 is 1.81 bits per heavy atom. The van der Waals surface area contributed by atoms with Gasteiger partial charge in [-0.05, 0) is 55.7 Å². The molecule has 3 amide bonds. The number of hydrogen-bond donors (Lipinski definition) is 1. The Balaban J connectivity index is 1.19. The molecular weight excluding hydrogens is 392 g/mol. The zero-order chi connectivity index (χ0) is 21.8. The molecular formula is C24H24N4O3. The van der Waals surface area contributed by atoms with Crippen LogP contribution in [0.15, 0.2) is 60.9 Å². The molecule has 0 saturated carbocycles. The quantitative estimate of drug-likeness (QED) is 0.572. The molecule has 31 heavy (non-hydrogen) atoms. The molecule has 0 saturated heterocycles. The Labute approximate surface area is 180 Å². The fourth-order valence-corrected chi connectivity index (χ4v) is 3.68. The van der Waals surface area contributed by atoms with Crippen LogP contribution in [-0.2, 0) is 11.2 Å². The van der Waals surface area contributed by atoms with Crippen molar-refractivity contribution < 1.29 is 14.4 Å². The molecule has 7 nitrogen and oxygen atoms in total. The molecule has 4 rings (SSSR count). The molecule has 2 aromatic carbocycles. The highest BCUT2D eigenvalue weighted by atomic mass is 16.2. The number of nitrogens with zero attached hydrogens (tertiary/aromatic N) is 3. The monoisotopic (exact) mass is 416 g/mol. The Kier molecular flexibility index (Phi) is 5.93. The molecule has 0 bridgehead atoms. The second kappa shape index (κ2) is 8.95. The fraction of sp³-hybridized carbons (Fsp3) is 0.250. The van der Waals surface area contributed by atoms with Gasteiger partial charge < -0.3 is 5.32 Å². The lowest BCUT2D eigenvalue weighted by Gasteiger charge is -2.13. The summed E-state index contributed by atoms with van der Waals surface area (Å²) >= 11 is 0. The third-order valence-electron chi connectivity index (χ3n) is 5.35. The van der Waals surface area contributed by atoms with E-state index < -0.39 is 0 Å². The highest BCUT2D eigenvalue weighted by Gasteiger charge is 2.34. The van der Waals surface area contributed by atoms with Crippen LogP contribution in [0.3, 0.4) is 0 Å². The van der Waals surface area contributed by atoms with Gasteiger partial charge in [0, 0.05) is 31.9 Å². The molecule has 0 radical (unpaired) electrons. The van der Waals surface area contributed by atoms with E-state index in [9.17, 15) is 14.4 Å². The van der Waals surface area contributed by atoms with Gasteiger partial charge in [0.2, 0.25) is 5.91 Å². The molecule has 0 spiro atoms. The summed E-state index contributed by atoms with van der Waals surface area (Å²) in [5.41, 5.74) is 3.95. The van der Waals surface area contributed by atoms with Crippen LogP contribution in [0.4, 0.5) is 0 Å². The highest BCUT2D eigenvalue weighted by Crippen LogP contribution is 2.24. The summed E-state index contributed by atoms with van der Waals surface area (Å²) in [6, 6.07) is 15.2. The number of aromatic nitrogens is 2. The van der Waals surface area contributed by atoms with E-state index in [4.69, 9.17) is 0 Å². The average Bonchev–Trinajstić information content (AvgIpc) is 3.38.